The second-order valence-electron chi connectivity index (χ2n) is 12.6. The molecule has 0 aromatic carbocycles. The maximum atomic E-state index is 6.31. The first-order valence-electron chi connectivity index (χ1n) is 12.9. The molecule has 1 aliphatic rings. The molecule has 1 fully saturated rings. The van der Waals surface area contributed by atoms with E-state index in [0.29, 0.717) is 11.3 Å². The summed E-state index contributed by atoms with van der Waals surface area (Å²) in [6, 6.07) is 0. The summed E-state index contributed by atoms with van der Waals surface area (Å²) in [7, 11) is 0. The molecular formula is C27H56N2O2. The molecule has 1 rings (SSSR count). The van der Waals surface area contributed by atoms with Crippen LogP contribution in [0.15, 0.2) is 0 Å². The van der Waals surface area contributed by atoms with Gasteiger partial charge in [0.25, 0.3) is 0 Å². The minimum atomic E-state index is -0.0487. The fraction of sp³-hybridized carbons (Fsp3) is 1.00. The van der Waals surface area contributed by atoms with Crippen LogP contribution in [0.4, 0.5) is 0 Å². The van der Waals surface area contributed by atoms with Crippen molar-refractivity contribution in [1.29, 1.82) is 0 Å². The summed E-state index contributed by atoms with van der Waals surface area (Å²) in [5, 5.41) is 0. The smallest absolute Gasteiger partial charge is 0.0638 e. The van der Waals surface area contributed by atoms with Crippen molar-refractivity contribution in [2.24, 2.45) is 11.3 Å². The van der Waals surface area contributed by atoms with Crippen molar-refractivity contribution >= 4 is 0 Å². The molecular weight excluding hydrogens is 384 g/mol. The molecule has 186 valence electrons. The van der Waals surface area contributed by atoms with Crippen LogP contribution < -0.4 is 0 Å². The highest BCUT2D eigenvalue weighted by Crippen LogP contribution is 2.31. The zero-order chi connectivity index (χ0) is 23.9. The third-order valence-corrected chi connectivity index (χ3v) is 8.12. The van der Waals surface area contributed by atoms with Gasteiger partial charge >= 0.3 is 0 Å². The molecule has 1 aliphatic heterocycles. The molecule has 0 radical (unpaired) electrons. The van der Waals surface area contributed by atoms with Crippen LogP contribution in [0.5, 0.6) is 0 Å². The third kappa shape index (κ3) is 10.5. The van der Waals surface area contributed by atoms with E-state index >= 15 is 0 Å². The van der Waals surface area contributed by atoms with E-state index in [2.05, 4.69) is 86.0 Å². The van der Waals surface area contributed by atoms with Crippen molar-refractivity contribution in [1.82, 2.24) is 9.80 Å². The molecule has 1 heterocycles. The highest BCUT2D eigenvalue weighted by Gasteiger charge is 2.31. The van der Waals surface area contributed by atoms with E-state index in [1.165, 1.54) is 0 Å². The standard InChI is InChI=1S/C27H56N2O2/c1-12-26(8,9)30-22-15-25(6,7)29-19-17-28(18-20-29)16-13-27(10,11)31-21-14-24(4,5)23(2)3/h23H,12-22H2,1-11H3. The summed E-state index contributed by atoms with van der Waals surface area (Å²) in [5.74, 6) is 0.685. The van der Waals surface area contributed by atoms with E-state index < -0.39 is 0 Å². The monoisotopic (exact) mass is 440 g/mol. The van der Waals surface area contributed by atoms with Crippen LogP contribution in [-0.4, -0.2) is 72.5 Å². The first-order chi connectivity index (χ1) is 14.1. The largest absolute Gasteiger partial charge is 0.376 e. The minimum Gasteiger partial charge on any atom is -0.376 e. The van der Waals surface area contributed by atoms with Crippen LogP contribution in [0.3, 0.4) is 0 Å². The van der Waals surface area contributed by atoms with Crippen LogP contribution >= 0.6 is 0 Å². The van der Waals surface area contributed by atoms with E-state index in [4.69, 9.17) is 9.47 Å². The molecule has 0 N–H and O–H groups in total. The molecule has 1 saturated heterocycles. The second-order valence-corrected chi connectivity index (χ2v) is 12.6. The number of rotatable bonds is 14. The van der Waals surface area contributed by atoms with Crippen LogP contribution in [0.25, 0.3) is 0 Å². The Morgan fingerprint density at radius 3 is 1.74 bits per heavy atom. The normalized spacial score (nSPS) is 18.2. The van der Waals surface area contributed by atoms with E-state index in [-0.39, 0.29) is 16.7 Å². The Bertz CT molecular complexity index is 503. The topological polar surface area (TPSA) is 24.9 Å². The van der Waals surface area contributed by atoms with Crippen molar-refractivity contribution in [2.75, 3.05) is 45.9 Å². The van der Waals surface area contributed by atoms with Gasteiger partial charge in [0.2, 0.25) is 0 Å². The van der Waals surface area contributed by atoms with Gasteiger partial charge in [-0.2, -0.15) is 0 Å². The molecule has 0 amide bonds. The Hall–Kier alpha value is -0.160. The van der Waals surface area contributed by atoms with Gasteiger partial charge in [0.05, 0.1) is 11.2 Å². The molecule has 0 bridgehead atoms. The Labute approximate surface area is 195 Å². The highest BCUT2D eigenvalue weighted by molar-refractivity contribution is 4.86. The number of piperazine rings is 1. The van der Waals surface area contributed by atoms with Crippen LogP contribution in [0.2, 0.25) is 0 Å². The van der Waals surface area contributed by atoms with Gasteiger partial charge in [-0.25, -0.2) is 0 Å². The summed E-state index contributed by atoms with van der Waals surface area (Å²) in [6.07, 6.45) is 4.37. The predicted octanol–water partition coefficient (Wildman–Crippen LogP) is 6.24. The molecule has 4 nitrogen and oxygen atoms in total. The van der Waals surface area contributed by atoms with Gasteiger partial charge in [0, 0.05) is 51.5 Å². The summed E-state index contributed by atoms with van der Waals surface area (Å²) < 4.78 is 12.4. The van der Waals surface area contributed by atoms with Crippen LogP contribution in [0.1, 0.15) is 102 Å². The fourth-order valence-corrected chi connectivity index (χ4v) is 3.79. The molecule has 0 atom stereocenters. The van der Waals surface area contributed by atoms with Crippen molar-refractivity contribution in [3.63, 3.8) is 0 Å². The van der Waals surface area contributed by atoms with Gasteiger partial charge < -0.3 is 14.4 Å². The first-order valence-corrected chi connectivity index (χ1v) is 12.9. The predicted molar refractivity (Wildman–Crippen MR) is 135 cm³/mol. The molecule has 0 spiro atoms. The maximum Gasteiger partial charge on any atom is 0.0638 e. The van der Waals surface area contributed by atoms with Crippen LogP contribution in [-0.2, 0) is 9.47 Å². The Kier molecular flexibility index (Phi) is 11.0. The number of nitrogens with zero attached hydrogens (tertiary/aromatic N) is 2. The van der Waals surface area contributed by atoms with Gasteiger partial charge in [0.1, 0.15) is 0 Å². The lowest BCUT2D eigenvalue weighted by atomic mass is 9.78. The van der Waals surface area contributed by atoms with Gasteiger partial charge in [0.15, 0.2) is 0 Å². The van der Waals surface area contributed by atoms with Gasteiger partial charge in [-0.1, -0.05) is 34.6 Å². The minimum absolute atomic E-state index is 0.00576. The average molecular weight is 441 g/mol. The molecule has 0 aromatic heterocycles. The zero-order valence-electron chi connectivity index (χ0n) is 23.1. The molecule has 4 heteroatoms. The quantitative estimate of drug-likeness (QED) is 0.319. The summed E-state index contributed by atoms with van der Waals surface area (Å²) in [5.41, 5.74) is 0.485. The zero-order valence-corrected chi connectivity index (χ0v) is 23.1. The lowest BCUT2D eigenvalue weighted by Crippen LogP contribution is -2.55. The molecule has 0 aliphatic carbocycles. The fourth-order valence-electron chi connectivity index (χ4n) is 3.79. The van der Waals surface area contributed by atoms with Gasteiger partial charge in [-0.3, -0.25) is 4.90 Å². The van der Waals surface area contributed by atoms with Gasteiger partial charge in [-0.15, -0.1) is 0 Å². The summed E-state index contributed by atoms with van der Waals surface area (Å²) in [4.78, 5) is 5.27. The van der Waals surface area contributed by atoms with E-state index in [9.17, 15) is 0 Å². The number of ether oxygens (including phenoxy) is 2. The third-order valence-electron chi connectivity index (χ3n) is 8.12. The molecule has 0 aromatic rings. The van der Waals surface area contributed by atoms with Crippen LogP contribution in [0, 0.1) is 11.3 Å². The highest BCUT2D eigenvalue weighted by atomic mass is 16.5. The molecule has 0 saturated carbocycles. The molecule has 0 unspecified atom stereocenters. The average Bonchev–Trinajstić information content (AvgIpc) is 2.66. The Morgan fingerprint density at radius 1 is 0.710 bits per heavy atom. The lowest BCUT2D eigenvalue weighted by Gasteiger charge is -2.45. The van der Waals surface area contributed by atoms with Crippen molar-refractivity contribution < 1.29 is 9.47 Å². The van der Waals surface area contributed by atoms with Crippen molar-refractivity contribution in [3.8, 4) is 0 Å². The van der Waals surface area contributed by atoms with E-state index in [1.807, 2.05) is 0 Å². The first kappa shape index (κ1) is 28.9. The van der Waals surface area contributed by atoms with Gasteiger partial charge in [-0.05, 0) is 78.6 Å². The summed E-state index contributed by atoms with van der Waals surface area (Å²) in [6.45, 7) is 32.6. The summed E-state index contributed by atoms with van der Waals surface area (Å²) >= 11 is 0. The van der Waals surface area contributed by atoms with Crippen molar-refractivity contribution in [3.05, 3.63) is 0 Å². The maximum absolute atomic E-state index is 6.31. The molecule has 31 heavy (non-hydrogen) atoms. The Morgan fingerprint density at radius 2 is 1.23 bits per heavy atom. The Balaban J connectivity index is 2.34. The SMILES string of the molecule is CCC(C)(C)OCCC(C)(C)N1CCN(CCC(C)(C)OCCC(C)(C)C(C)C)CC1. The number of hydrogen-bond donors (Lipinski definition) is 0. The lowest BCUT2D eigenvalue weighted by molar-refractivity contribution is -0.0520. The van der Waals surface area contributed by atoms with Crippen molar-refractivity contribution in [2.45, 2.75) is 119 Å². The number of hydrogen-bond acceptors (Lipinski definition) is 4. The second kappa shape index (κ2) is 11.8. The van der Waals surface area contributed by atoms with E-state index in [0.717, 1.165) is 71.6 Å². The van der Waals surface area contributed by atoms with E-state index in [1.54, 1.807) is 0 Å².